The Morgan fingerprint density at radius 2 is 1.58 bits per heavy atom. The summed E-state index contributed by atoms with van der Waals surface area (Å²) in [5.41, 5.74) is 1.69. The first-order valence-electron chi connectivity index (χ1n) is 14.4. The third-order valence-electron chi connectivity index (χ3n) is 7.69. The fraction of sp³-hybridized carbons (Fsp3) is 0.375. The number of hydrogen-bond donors (Lipinski definition) is 1. The minimum atomic E-state index is -4.27. The number of aryl methyl sites for hydroxylation is 1. The molecule has 43 heavy (non-hydrogen) atoms. The van der Waals surface area contributed by atoms with Crippen LogP contribution in [0.4, 0.5) is 5.69 Å². The molecule has 0 unspecified atom stereocenters. The Labute approximate surface area is 269 Å². The zero-order valence-electron chi connectivity index (χ0n) is 24.2. The highest BCUT2D eigenvalue weighted by Gasteiger charge is 2.35. The third kappa shape index (κ3) is 8.24. The molecule has 0 heterocycles. The number of benzene rings is 3. The second-order valence-corrected chi connectivity index (χ2v) is 13.9. The summed E-state index contributed by atoms with van der Waals surface area (Å²) in [6, 6.07) is 17.2. The molecule has 230 valence electrons. The van der Waals surface area contributed by atoms with Crippen molar-refractivity contribution in [3.05, 3.63) is 92.9 Å². The summed E-state index contributed by atoms with van der Waals surface area (Å²) >= 11 is 18.9. The summed E-state index contributed by atoms with van der Waals surface area (Å²) < 4.78 is 29.1. The number of hydrogen-bond acceptors (Lipinski definition) is 4. The van der Waals surface area contributed by atoms with Gasteiger partial charge in [-0.1, -0.05) is 96.9 Å². The molecule has 2 amide bonds. The maximum absolute atomic E-state index is 14.3. The monoisotopic (exact) mass is 663 g/mol. The van der Waals surface area contributed by atoms with Gasteiger partial charge in [0.2, 0.25) is 11.8 Å². The average Bonchev–Trinajstić information content (AvgIpc) is 2.99. The van der Waals surface area contributed by atoms with Crippen molar-refractivity contribution in [2.75, 3.05) is 10.8 Å². The van der Waals surface area contributed by atoms with E-state index in [2.05, 4.69) is 5.32 Å². The zero-order valence-corrected chi connectivity index (χ0v) is 27.3. The van der Waals surface area contributed by atoms with Crippen LogP contribution in [0.3, 0.4) is 0 Å². The molecule has 0 bridgehead atoms. The molecule has 11 heteroatoms. The van der Waals surface area contributed by atoms with E-state index in [9.17, 15) is 18.0 Å². The standard InChI is InChI=1S/C32H36Cl3N3O4S/c1-3-28(32(40)36-25-8-5-4-6-9-25)37(20-23-14-16-24(33)17-15-23)30(39)21-38(29-11-7-10-27(34)31(29)35)43(41,42)26-18-12-22(2)13-19-26/h7,10-19,25,28H,3-6,8-9,20-21H2,1-2H3,(H,36,40)/t28-/m0/s1. The van der Waals surface area contributed by atoms with Crippen molar-refractivity contribution in [3.63, 3.8) is 0 Å². The van der Waals surface area contributed by atoms with Gasteiger partial charge in [-0.15, -0.1) is 0 Å². The van der Waals surface area contributed by atoms with Crippen molar-refractivity contribution in [3.8, 4) is 0 Å². The van der Waals surface area contributed by atoms with Crippen LogP contribution in [0.2, 0.25) is 15.1 Å². The lowest BCUT2D eigenvalue weighted by molar-refractivity contribution is -0.140. The van der Waals surface area contributed by atoms with Crippen molar-refractivity contribution in [1.82, 2.24) is 10.2 Å². The number of anilines is 1. The van der Waals surface area contributed by atoms with E-state index in [0.717, 1.165) is 47.5 Å². The van der Waals surface area contributed by atoms with Crippen LogP contribution in [0.15, 0.2) is 71.6 Å². The fourth-order valence-corrected chi connectivity index (χ4v) is 7.29. The molecule has 0 radical (unpaired) electrons. The molecule has 1 aliphatic rings. The summed E-state index contributed by atoms with van der Waals surface area (Å²) in [4.78, 5) is 29.3. The second-order valence-electron chi connectivity index (χ2n) is 10.8. The van der Waals surface area contributed by atoms with Crippen LogP contribution in [0.5, 0.6) is 0 Å². The molecule has 4 rings (SSSR count). The van der Waals surface area contributed by atoms with E-state index in [1.807, 2.05) is 13.8 Å². The lowest BCUT2D eigenvalue weighted by atomic mass is 9.95. The fourth-order valence-electron chi connectivity index (χ4n) is 5.29. The van der Waals surface area contributed by atoms with Crippen molar-refractivity contribution in [2.45, 2.75) is 75.9 Å². The van der Waals surface area contributed by atoms with E-state index in [1.165, 1.54) is 23.1 Å². The molecule has 1 aliphatic carbocycles. The number of sulfonamides is 1. The molecule has 1 saturated carbocycles. The van der Waals surface area contributed by atoms with Crippen LogP contribution in [0, 0.1) is 6.92 Å². The van der Waals surface area contributed by atoms with Crippen LogP contribution in [-0.4, -0.2) is 43.8 Å². The first-order valence-corrected chi connectivity index (χ1v) is 17.0. The largest absolute Gasteiger partial charge is 0.352 e. The Balaban J connectivity index is 1.73. The summed E-state index contributed by atoms with van der Waals surface area (Å²) in [5.74, 6) is -0.822. The van der Waals surface area contributed by atoms with Crippen LogP contribution in [0.25, 0.3) is 0 Å². The molecule has 0 spiro atoms. The second kappa shape index (κ2) is 14.8. The van der Waals surface area contributed by atoms with Gasteiger partial charge in [0.25, 0.3) is 10.0 Å². The Hall–Kier alpha value is -2.78. The number of rotatable bonds is 11. The maximum Gasteiger partial charge on any atom is 0.264 e. The van der Waals surface area contributed by atoms with Gasteiger partial charge in [-0.3, -0.25) is 13.9 Å². The third-order valence-corrected chi connectivity index (χ3v) is 10.5. The van der Waals surface area contributed by atoms with Crippen LogP contribution in [0.1, 0.15) is 56.6 Å². The summed E-state index contributed by atoms with van der Waals surface area (Å²) in [6.45, 7) is 3.16. The smallest absolute Gasteiger partial charge is 0.264 e. The molecule has 0 saturated heterocycles. The molecule has 3 aromatic rings. The van der Waals surface area contributed by atoms with Crippen molar-refractivity contribution >= 4 is 62.3 Å². The van der Waals surface area contributed by atoms with Gasteiger partial charge in [0.1, 0.15) is 12.6 Å². The van der Waals surface area contributed by atoms with Gasteiger partial charge in [-0.05, 0) is 68.1 Å². The predicted octanol–water partition coefficient (Wildman–Crippen LogP) is 7.41. The number of nitrogens with zero attached hydrogens (tertiary/aromatic N) is 2. The summed E-state index contributed by atoms with van der Waals surface area (Å²) in [7, 11) is -4.27. The van der Waals surface area contributed by atoms with Crippen molar-refractivity contribution in [1.29, 1.82) is 0 Å². The van der Waals surface area contributed by atoms with Gasteiger partial charge < -0.3 is 10.2 Å². The van der Waals surface area contributed by atoms with E-state index >= 15 is 0 Å². The van der Waals surface area contributed by atoms with Crippen LogP contribution < -0.4 is 9.62 Å². The Bertz CT molecular complexity index is 1530. The predicted molar refractivity (Wildman–Crippen MR) is 173 cm³/mol. The van der Waals surface area contributed by atoms with Gasteiger partial charge >= 0.3 is 0 Å². The summed E-state index contributed by atoms with van der Waals surface area (Å²) in [5, 5.41) is 3.82. The molecule has 1 N–H and O–H groups in total. The molecule has 1 fully saturated rings. The first-order chi connectivity index (χ1) is 20.5. The SMILES string of the molecule is CC[C@@H](C(=O)NC1CCCCC1)N(Cc1ccc(Cl)cc1)C(=O)CN(c1cccc(Cl)c1Cl)S(=O)(=O)c1ccc(C)cc1. The maximum atomic E-state index is 14.3. The zero-order chi connectivity index (χ0) is 31.1. The Morgan fingerprint density at radius 1 is 0.930 bits per heavy atom. The molecule has 0 aliphatic heterocycles. The highest BCUT2D eigenvalue weighted by molar-refractivity contribution is 7.92. The lowest BCUT2D eigenvalue weighted by Gasteiger charge is -2.34. The number of halogens is 3. The molecule has 1 atom stereocenters. The number of carbonyl (C=O) groups is 2. The van der Waals surface area contributed by atoms with E-state index in [-0.39, 0.29) is 39.1 Å². The molecule has 3 aromatic carbocycles. The average molecular weight is 665 g/mol. The quantitative estimate of drug-likeness (QED) is 0.231. The molecular weight excluding hydrogens is 629 g/mol. The van der Waals surface area contributed by atoms with E-state index < -0.39 is 28.5 Å². The summed E-state index contributed by atoms with van der Waals surface area (Å²) in [6.07, 6.45) is 5.34. The van der Waals surface area contributed by atoms with Crippen molar-refractivity contribution in [2.24, 2.45) is 0 Å². The van der Waals surface area contributed by atoms with Crippen LogP contribution >= 0.6 is 34.8 Å². The van der Waals surface area contributed by atoms with E-state index in [0.29, 0.717) is 11.4 Å². The van der Waals surface area contributed by atoms with Gasteiger partial charge in [0.05, 0.1) is 20.6 Å². The minimum Gasteiger partial charge on any atom is -0.352 e. The van der Waals surface area contributed by atoms with Gasteiger partial charge in [-0.2, -0.15) is 0 Å². The van der Waals surface area contributed by atoms with Gasteiger partial charge in [-0.25, -0.2) is 8.42 Å². The Kier molecular flexibility index (Phi) is 11.4. The first kappa shape index (κ1) is 33.1. The number of carbonyl (C=O) groups excluding carboxylic acids is 2. The van der Waals surface area contributed by atoms with E-state index in [1.54, 1.807) is 48.5 Å². The van der Waals surface area contributed by atoms with Gasteiger partial charge in [0, 0.05) is 17.6 Å². The topological polar surface area (TPSA) is 86.8 Å². The Morgan fingerprint density at radius 3 is 2.21 bits per heavy atom. The number of nitrogens with one attached hydrogen (secondary N) is 1. The highest BCUT2D eigenvalue weighted by Crippen LogP contribution is 2.35. The van der Waals surface area contributed by atoms with E-state index in [4.69, 9.17) is 34.8 Å². The molecular formula is C32H36Cl3N3O4S. The van der Waals surface area contributed by atoms with Crippen molar-refractivity contribution < 1.29 is 18.0 Å². The van der Waals surface area contributed by atoms with Crippen LogP contribution in [-0.2, 0) is 26.2 Å². The normalized spacial score (nSPS) is 14.6. The minimum absolute atomic E-state index is 0.000937. The lowest BCUT2D eigenvalue weighted by Crippen LogP contribution is -2.54. The highest BCUT2D eigenvalue weighted by atomic mass is 35.5. The number of amides is 2. The van der Waals surface area contributed by atoms with Gasteiger partial charge in [0.15, 0.2) is 0 Å². The molecule has 7 nitrogen and oxygen atoms in total. The molecule has 0 aromatic heterocycles.